The number of carbonyl (C=O) groups excluding carboxylic acids is 6. The van der Waals surface area contributed by atoms with Crippen molar-refractivity contribution in [3.63, 3.8) is 0 Å². The molecule has 5 rings (SSSR count). The molecule has 1 saturated carbocycles. The van der Waals surface area contributed by atoms with Crippen LogP contribution in [0.15, 0.2) is 29.8 Å². The van der Waals surface area contributed by atoms with E-state index in [-0.39, 0.29) is 51.1 Å². The Bertz CT molecular complexity index is 1880. The van der Waals surface area contributed by atoms with Crippen LogP contribution in [0.3, 0.4) is 0 Å². The standard InChI is InChI=1S/C37H49FIN5O10S/c1-6-17-37(39-5,33(48)42-55(51,52)25-13-14-25)41-31(46)29-18-24(53-35(50)43-19-23-11-8-12-27(38)26(23)21-43)20-44(29)32(47)28(40-34(49)54-36(2,3)4)15-16-30(45)22-9-7-10-22/h8-9,11-12,24-25,28-29H,5-7,10,13-21H2,1-4H3,(H,40,49)(H,41,46)(H,42,48)/t24-,28+,29+,37-/m1/s1. The largest absolute Gasteiger partial charge is 0.444 e. The number of allylic oxidation sites excluding steroid dienone is 2. The summed E-state index contributed by atoms with van der Waals surface area (Å²) in [5, 5.41) is 4.59. The maximum atomic E-state index is 14.5. The highest BCUT2D eigenvalue weighted by molar-refractivity contribution is 14.2. The number of nitrogens with zero attached hydrogens (tertiary/aromatic N) is 2. The van der Waals surface area contributed by atoms with Crippen LogP contribution in [0.5, 0.6) is 0 Å². The number of fused-ring (bicyclic) bond motifs is 1. The summed E-state index contributed by atoms with van der Waals surface area (Å²) in [6.45, 7) is 6.43. The zero-order valence-corrected chi connectivity index (χ0v) is 34.4. The number of benzene rings is 1. The van der Waals surface area contributed by atoms with Crippen molar-refractivity contribution < 1.29 is 51.0 Å². The highest BCUT2D eigenvalue weighted by Crippen LogP contribution is 2.33. The van der Waals surface area contributed by atoms with Crippen LogP contribution in [0.1, 0.15) is 96.6 Å². The number of Topliss-reactive ketones (excluding diaryl/α,β-unsaturated/α-hetero) is 1. The van der Waals surface area contributed by atoms with Crippen molar-refractivity contribution in [2.75, 3.05) is 6.54 Å². The van der Waals surface area contributed by atoms with Crippen molar-refractivity contribution in [3.8, 4) is 0 Å². The topological polar surface area (TPSA) is 198 Å². The molecular weight excluding hydrogens is 852 g/mol. The zero-order valence-electron chi connectivity index (χ0n) is 31.5. The molecule has 0 unspecified atom stereocenters. The molecule has 1 aromatic carbocycles. The monoisotopic (exact) mass is 901 g/mol. The minimum atomic E-state index is -3.98. The number of rotatable bonds is 15. The number of alkyl halides is 1. The molecule has 0 aromatic heterocycles. The summed E-state index contributed by atoms with van der Waals surface area (Å²) in [5.41, 5.74) is 0.675. The number of likely N-dealkylation sites (tertiary alicyclic amines) is 1. The van der Waals surface area contributed by atoms with Crippen LogP contribution in [0.4, 0.5) is 14.0 Å². The lowest BCUT2D eigenvalue weighted by Gasteiger charge is -2.33. The van der Waals surface area contributed by atoms with Crippen molar-refractivity contribution in [2.45, 2.75) is 131 Å². The highest BCUT2D eigenvalue weighted by atomic mass is 127. The summed E-state index contributed by atoms with van der Waals surface area (Å²) in [6, 6.07) is 1.84. The molecule has 55 heavy (non-hydrogen) atoms. The Kier molecular flexibility index (Phi) is 13.1. The lowest BCUT2D eigenvalue weighted by atomic mass is 9.92. The molecule has 5 amide bonds. The van der Waals surface area contributed by atoms with Gasteiger partial charge < -0.3 is 25.0 Å². The summed E-state index contributed by atoms with van der Waals surface area (Å²) in [6.07, 6.45) is 1.22. The second kappa shape index (κ2) is 17.1. The van der Waals surface area contributed by atoms with E-state index in [0.29, 0.717) is 42.4 Å². The molecule has 15 nitrogen and oxygen atoms in total. The van der Waals surface area contributed by atoms with Crippen LogP contribution in [0.2, 0.25) is 0 Å². The van der Waals surface area contributed by atoms with E-state index in [1.165, 1.54) is 11.0 Å². The maximum Gasteiger partial charge on any atom is 0.410 e. The van der Waals surface area contributed by atoms with E-state index in [0.717, 1.165) is 11.3 Å². The van der Waals surface area contributed by atoms with Crippen LogP contribution < -0.4 is 15.4 Å². The first kappa shape index (κ1) is 42.2. The van der Waals surface area contributed by atoms with Gasteiger partial charge in [-0.25, -0.2) is 22.4 Å². The fourth-order valence-electron chi connectivity index (χ4n) is 6.68. The normalized spacial score (nSPS) is 20.9. The Morgan fingerprint density at radius 3 is 2.40 bits per heavy atom. The Morgan fingerprint density at radius 2 is 1.82 bits per heavy atom. The van der Waals surface area contributed by atoms with Crippen LogP contribution in [-0.2, 0) is 51.8 Å². The molecular formula is C37H49FIN5O10S. The van der Waals surface area contributed by atoms with Crippen molar-refractivity contribution >= 4 is 71.0 Å². The van der Waals surface area contributed by atoms with Crippen molar-refractivity contribution in [3.05, 3.63) is 46.8 Å². The van der Waals surface area contributed by atoms with Gasteiger partial charge in [0, 0.05) is 24.9 Å². The molecule has 302 valence electrons. The number of alkyl carbamates (subject to hydrolysis) is 1. The molecule has 1 saturated heterocycles. The number of nitrogens with one attached hydrogen (secondary N) is 3. The lowest BCUT2D eigenvalue weighted by molar-refractivity contribution is -0.141. The number of carbonyl (C=O) groups is 6. The first-order valence-electron chi connectivity index (χ1n) is 18.4. The minimum Gasteiger partial charge on any atom is -0.444 e. The number of halogens is 2. The number of ketones is 1. The summed E-state index contributed by atoms with van der Waals surface area (Å²) in [7, 11) is -3.98. The molecule has 0 spiro atoms. The van der Waals surface area contributed by atoms with Gasteiger partial charge in [0.25, 0.3) is 5.91 Å². The minimum absolute atomic E-state index is 0.0436. The second-order valence-corrected chi connectivity index (χ2v) is 19.8. The van der Waals surface area contributed by atoms with Gasteiger partial charge in [0.15, 0.2) is 9.33 Å². The van der Waals surface area contributed by atoms with Gasteiger partial charge in [-0.1, -0.05) is 56.8 Å². The van der Waals surface area contributed by atoms with Crippen molar-refractivity contribution in [1.82, 2.24) is 25.2 Å². The van der Waals surface area contributed by atoms with Gasteiger partial charge in [-0.3, -0.25) is 28.8 Å². The van der Waals surface area contributed by atoms with E-state index in [9.17, 15) is 41.6 Å². The Hall–Kier alpha value is -3.94. The smallest absolute Gasteiger partial charge is 0.410 e. The molecule has 4 aliphatic rings. The van der Waals surface area contributed by atoms with E-state index in [1.54, 1.807) is 45.9 Å². The molecule has 2 fully saturated rings. The van der Waals surface area contributed by atoms with Gasteiger partial charge >= 0.3 is 12.2 Å². The lowest BCUT2D eigenvalue weighted by Crippen LogP contribution is -2.60. The van der Waals surface area contributed by atoms with E-state index < -0.39 is 99.1 Å². The second-order valence-electron chi connectivity index (χ2n) is 15.3. The Labute approximate surface area is 330 Å². The van der Waals surface area contributed by atoms with E-state index in [2.05, 4.69) is 19.9 Å². The molecule has 18 heteroatoms. The van der Waals surface area contributed by atoms with Crippen LogP contribution >= 0.6 is 20.7 Å². The van der Waals surface area contributed by atoms with Gasteiger partial charge in [0.2, 0.25) is 21.8 Å². The third-order valence-electron chi connectivity index (χ3n) is 9.81. The zero-order chi connectivity index (χ0) is 40.3. The summed E-state index contributed by atoms with van der Waals surface area (Å²) >= 11 is -1.44. The number of sulfonamides is 1. The van der Waals surface area contributed by atoms with E-state index in [1.807, 2.05) is 0 Å². The molecule has 2 aliphatic heterocycles. The van der Waals surface area contributed by atoms with E-state index >= 15 is 0 Å². The van der Waals surface area contributed by atoms with Crippen LogP contribution in [0.25, 0.3) is 0 Å². The van der Waals surface area contributed by atoms with Gasteiger partial charge in [-0.15, -0.1) is 0 Å². The predicted octanol–water partition coefficient (Wildman–Crippen LogP) is 3.83. The number of ether oxygens (including phenoxy) is 2. The van der Waals surface area contributed by atoms with Gasteiger partial charge in [0.1, 0.15) is 29.6 Å². The predicted molar refractivity (Wildman–Crippen MR) is 208 cm³/mol. The number of hydrogen-bond acceptors (Lipinski definition) is 10. The quantitative estimate of drug-likeness (QED) is 0.132. The van der Waals surface area contributed by atoms with Crippen LogP contribution in [0, 0.1) is 5.82 Å². The van der Waals surface area contributed by atoms with Gasteiger partial charge in [0.05, 0.1) is 18.3 Å². The number of hydrogen-bond donors (Lipinski definition) is 3. The maximum absolute atomic E-state index is 14.5. The van der Waals surface area contributed by atoms with Crippen LogP contribution in [-0.4, -0.2) is 97.6 Å². The Balaban J connectivity index is 1.41. The highest BCUT2D eigenvalue weighted by Gasteiger charge is 2.49. The summed E-state index contributed by atoms with van der Waals surface area (Å²) in [4.78, 5) is 84.1. The van der Waals surface area contributed by atoms with E-state index in [4.69, 9.17) is 9.47 Å². The third kappa shape index (κ3) is 10.3. The molecule has 2 heterocycles. The molecule has 0 bridgehead atoms. The summed E-state index contributed by atoms with van der Waals surface area (Å²) in [5.74, 6) is -3.13. The van der Waals surface area contributed by atoms with Crippen molar-refractivity contribution in [2.24, 2.45) is 0 Å². The fourth-order valence-corrected chi connectivity index (χ4v) is 10.1. The van der Waals surface area contributed by atoms with Gasteiger partial charge in [-0.2, -0.15) is 0 Å². The molecule has 1 aromatic rings. The van der Waals surface area contributed by atoms with Crippen molar-refractivity contribution in [1.29, 1.82) is 0 Å². The average molecular weight is 902 g/mol. The SMILES string of the molecule is C=I[C@](CCC)(NC(=O)[C@@H]1C[C@@H](OC(=O)N2Cc3cccc(F)c3C2)CN1C(=O)[C@H](CCC(=O)C1=CCC1)NC(=O)OC(C)(C)C)C(=O)NS(=O)(=O)C1CC1. The third-order valence-corrected chi connectivity index (χ3v) is 14.2. The average Bonchev–Trinajstić information content (AvgIpc) is 3.72. The molecule has 0 radical (unpaired) electrons. The summed E-state index contributed by atoms with van der Waals surface area (Å²) < 4.78 is 55.7. The molecule has 4 atom stereocenters. The fraction of sp³-hybridized carbons (Fsp3) is 0.595. The first-order valence-corrected chi connectivity index (χ1v) is 22.5. The molecule has 2 aliphatic carbocycles. The number of amides is 5. The van der Waals surface area contributed by atoms with Gasteiger partial charge in [-0.05, 0) is 76.5 Å². The Morgan fingerprint density at radius 1 is 1.11 bits per heavy atom. The molecule has 3 N–H and O–H groups in total. The first-order chi connectivity index (χ1) is 25.9.